The molecule has 4 nitrogen and oxygen atoms in total. The van der Waals surface area contributed by atoms with Gasteiger partial charge in [0.05, 0.1) is 4.92 Å². The minimum absolute atomic E-state index is 0.0718. The Morgan fingerprint density at radius 1 is 1.31 bits per heavy atom. The minimum Gasteiger partial charge on any atom is -0.298 e. The molecule has 0 bridgehead atoms. The van der Waals surface area contributed by atoms with Crippen molar-refractivity contribution < 1.29 is 9.72 Å². The Bertz CT molecular complexity index is 378. The summed E-state index contributed by atoms with van der Waals surface area (Å²) in [7, 11) is 0. The van der Waals surface area contributed by atoms with E-state index in [0.717, 1.165) is 0 Å². The van der Waals surface area contributed by atoms with Crippen molar-refractivity contribution in [3.05, 3.63) is 36.8 Å². The van der Waals surface area contributed by atoms with Crippen molar-refractivity contribution in [3.63, 3.8) is 0 Å². The first kappa shape index (κ1) is 10.3. The monoisotopic (exact) mass is 307 g/mol. The maximum absolute atomic E-state index is 10.4. The van der Waals surface area contributed by atoms with Crippen LogP contribution in [0.25, 0.3) is 0 Å². The number of rotatable bonds is 2. The van der Waals surface area contributed by atoms with E-state index in [1.807, 2.05) is 0 Å². The molecule has 0 radical (unpaired) electrons. The largest absolute Gasteiger partial charge is 0.298 e. The highest BCUT2D eigenvalue weighted by Gasteiger charge is 2.16. The number of carbonyl (C=O) groups excluding carboxylic acids is 1. The molecule has 1 aromatic rings. The Morgan fingerprint density at radius 3 is 2.38 bits per heavy atom. The molecule has 0 spiro atoms. The zero-order chi connectivity index (χ0) is 10.0. The van der Waals surface area contributed by atoms with E-state index in [4.69, 9.17) is 0 Å². The Kier molecular flexibility index (Phi) is 3.16. The molecule has 0 saturated carbocycles. The van der Waals surface area contributed by atoms with Gasteiger partial charge in [0.2, 0.25) is 0 Å². The molecule has 0 unspecified atom stereocenters. The van der Waals surface area contributed by atoms with Gasteiger partial charge in [-0.2, -0.15) is 0 Å². The highest BCUT2D eigenvalue weighted by Crippen LogP contribution is 2.34. The Labute approximate surface area is 90.3 Å². The van der Waals surface area contributed by atoms with E-state index in [1.165, 1.54) is 12.1 Å². The number of carbonyl (C=O) groups is 1. The van der Waals surface area contributed by atoms with Gasteiger partial charge in [0.1, 0.15) is 4.47 Å². The number of nitro benzene ring substituents is 1. The van der Waals surface area contributed by atoms with E-state index in [2.05, 4.69) is 31.9 Å². The molecule has 68 valence electrons. The fourth-order valence-electron chi connectivity index (χ4n) is 0.786. The van der Waals surface area contributed by atoms with Gasteiger partial charge in [0.15, 0.2) is 6.29 Å². The number of nitro groups is 1. The third-order valence-corrected chi connectivity index (χ3v) is 3.60. The second-order valence-electron chi connectivity index (χ2n) is 2.18. The summed E-state index contributed by atoms with van der Waals surface area (Å²) in [5, 5.41) is 10.4. The Hall–Kier alpha value is -0.750. The van der Waals surface area contributed by atoms with Crippen molar-refractivity contribution in [1.29, 1.82) is 0 Å². The number of hydrogen-bond donors (Lipinski definition) is 0. The fourth-order valence-corrected chi connectivity index (χ4v) is 1.72. The SMILES string of the molecule is O=Cc1ccc([N+](=O)[O-])c(Br)c1Br. The third kappa shape index (κ3) is 1.94. The van der Waals surface area contributed by atoms with Crippen LogP contribution in [0, 0.1) is 10.1 Å². The first-order valence-electron chi connectivity index (χ1n) is 3.15. The van der Waals surface area contributed by atoms with E-state index >= 15 is 0 Å². The summed E-state index contributed by atoms with van der Waals surface area (Å²) in [6, 6.07) is 2.67. The third-order valence-electron chi connectivity index (χ3n) is 1.42. The normalized spacial score (nSPS) is 9.69. The van der Waals surface area contributed by atoms with Crippen LogP contribution in [0.2, 0.25) is 0 Å². The molecule has 0 aliphatic carbocycles. The van der Waals surface area contributed by atoms with Crippen LogP contribution in [0.4, 0.5) is 5.69 Å². The molecular formula is C7H3Br2NO3. The molecule has 0 atom stereocenters. The van der Waals surface area contributed by atoms with Gasteiger partial charge in [-0.25, -0.2) is 0 Å². The molecule has 0 aliphatic heterocycles. The van der Waals surface area contributed by atoms with Crippen LogP contribution < -0.4 is 0 Å². The second kappa shape index (κ2) is 3.97. The molecule has 13 heavy (non-hydrogen) atoms. The molecular weight excluding hydrogens is 306 g/mol. The second-order valence-corrected chi connectivity index (χ2v) is 3.76. The number of nitrogens with zero attached hydrogens (tertiary/aromatic N) is 1. The maximum Gasteiger partial charge on any atom is 0.284 e. The van der Waals surface area contributed by atoms with Crippen LogP contribution in [0.5, 0.6) is 0 Å². The Morgan fingerprint density at radius 2 is 1.92 bits per heavy atom. The van der Waals surface area contributed by atoms with Crippen LogP contribution in [0.15, 0.2) is 21.1 Å². The summed E-state index contributed by atoms with van der Waals surface area (Å²) >= 11 is 6.10. The number of benzene rings is 1. The van der Waals surface area contributed by atoms with Gasteiger partial charge in [-0.1, -0.05) is 0 Å². The molecule has 0 saturated heterocycles. The highest BCUT2D eigenvalue weighted by molar-refractivity contribution is 9.13. The van der Waals surface area contributed by atoms with Crippen molar-refractivity contribution >= 4 is 43.8 Å². The predicted molar refractivity (Wildman–Crippen MR) is 53.9 cm³/mol. The molecule has 0 aromatic heterocycles. The van der Waals surface area contributed by atoms with Crippen LogP contribution in [0.1, 0.15) is 10.4 Å². The maximum atomic E-state index is 10.4. The molecule has 6 heteroatoms. The van der Waals surface area contributed by atoms with Gasteiger partial charge in [-0.15, -0.1) is 0 Å². The van der Waals surface area contributed by atoms with Crippen molar-refractivity contribution in [2.45, 2.75) is 0 Å². The summed E-state index contributed by atoms with van der Waals surface area (Å²) in [5.41, 5.74) is 0.301. The minimum atomic E-state index is -0.524. The van der Waals surface area contributed by atoms with Gasteiger partial charge < -0.3 is 0 Å². The van der Waals surface area contributed by atoms with Crippen LogP contribution in [-0.4, -0.2) is 11.2 Å². The Balaban J connectivity index is 3.39. The number of hydrogen-bond acceptors (Lipinski definition) is 3. The van der Waals surface area contributed by atoms with Gasteiger partial charge >= 0.3 is 0 Å². The fraction of sp³-hybridized carbons (Fsp3) is 0. The zero-order valence-corrected chi connectivity index (χ0v) is 9.33. The molecule has 0 amide bonds. The number of halogens is 2. The lowest BCUT2D eigenvalue weighted by Gasteiger charge is -1.99. The van der Waals surface area contributed by atoms with Gasteiger partial charge in [0, 0.05) is 16.1 Å². The molecule has 0 heterocycles. The lowest BCUT2D eigenvalue weighted by molar-refractivity contribution is -0.385. The van der Waals surface area contributed by atoms with E-state index in [1.54, 1.807) is 0 Å². The number of aldehydes is 1. The van der Waals surface area contributed by atoms with Crippen LogP contribution in [-0.2, 0) is 0 Å². The smallest absolute Gasteiger partial charge is 0.284 e. The quantitative estimate of drug-likeness (QED) is 0.479. The van der Waals surface area contributed by atoms with E-state index in [9.17, 15) is 14.9 Å². The van der Waals surface area contributed by atoms with Crippen molar-refractivity contribution in [3.8, 4) is 0 Å². The predicted octanol–water partition coefficient (Wildman–Crippen LogP) is 2.93. The first-order valence-corrected chi connectivity index (χ1v) is 4.74. The summed E-state index contributed by atoms with van der Waals surface area (Å²) in [6.45, 7) is 0. The lowest BCUT2D eigenvalue weighted by Crippen LogP contribution is -1.92. The van der Waals surface area contributed by atoms with Crippen molar-refractivity contribution in [1.82, 2.24) is 0 Å². The van der Waals surface area contributed by atoms with Crippen LogP contribution in [0.3, 0.4) is 0 Å². The van der Waals surface area contributed by atoms with Crippen LogP contribution >= 0.6 is 31.9 Å². The van der Waals surface area contributed by atoms with E-state index in [0.29, 0.717) is 16.3 Å². The molecule has 0 aliphatic rings. The van der Waals surface area contributed by atoms with E-state index in [-0.39, 0.29) is 10.2 Å². The summed E-state index contributed by atoms with van der Waals surface area (Å²) < 4.78 is 0.679. The van der Waals surface area contributed by atoms with Crippen molar-refractivity contribution in [2.24, 2.45) is 0 Å². The van der Waals surface area contributed by atoms with Gasteiger partial charge in [0.25, 0.3) is 5.69 Å². The summed E-state index contributed by atoms with van der Waals surface area (Å²) in [4.78, 5) is 20.4. The average Bonchev–Trinajstić information content (AvgIpc) is 2.09. The highest BCUT2D eigenvalue weighted by atomic mass is 79.9. The lowest BCUT2D eigenvalue weighted by atomic mass is 10.2. The summed E-state index contributed by atoms with van der Waals surface area (Å²) in [5.74, 6) is 0. The zero-order valence-electron chi connectivity index (χ0n) is 6.16. The topological polar surface area (TPSA) is 60.2 Å². The average molecular weight is 309 g/mol. The summed E-state index contributed by atoms with van der Waals surface area (Å²) in [6.07, 6.45) is 0.624. The van der Waals surface area contributed by atoms with Gasteiger partial charge in [-0.3, -0.25) is 14.9 Å². The first-order chi connectivity index (χ1) is 6.07. The molecule has 0 N–H and O–H groups in total. The standard InChI is InChI=1S/C7H3Br2NO3/c8-6-4(3-11)1-2-5(7(6)9)10(12)13/h1-3H. The molecule has 0 fully saturated rings. The van der Waals surface area contributed by atoms with E-state index < -0.39 is 4.92 Å². The molecule has 1 aromatic carbocycles. The van der Waals surface area contributed by atoms with Crippen molar-refractivity contribution in [2.75, 3.05) is 0 Å². The molecule has 1 rings (SSSR count). The van der Waals surface area contributed by atoms with Gasteiger partial charge in [-0.05, 0) is 37.9 Å².